The number of nitrogens with zero attached hydrogens (tertiary/aromatic N) is 2. The third-order valence-electron chi connectivity index (χ3n) is 4.28. The highest BCUT2D eigenvalue weighted by Gasteiger charge is 2.11. The lowest BCUT2D eigenvalue weighted by molar-refractivity contribution is 0.408. The van der Waals surface area contributed by atoms with E-state index in [-0.39, 0.29) is 0 Å². The van der Waals surface area contributed by atoms with E-state index in [9.17, 15) is 0 Å². The van der Waals surface area contributed by atoms with Gasteiger partial charge in [-0.1, -0.05) is 42.3 Å². The Hall–Kier alpha value is -3.19. The van der Waals surface area contributed by atoms with Crippen LogP contribution in [0.2, 0.25) is 0 Å². The van der Waals surface area contributed by atoms with Gasteiger partial charge in [0.2, 0.25) is 0 Å². The average molecular weight is 331 g/mol. The van der Waals surface area contributed by atoms with E-state index >= 15 is 0 Å². The van der Waals surface area contributed by atoms with Gasteiger partial charge < -0.3 is 14.7 Å². The van der Waals surface area contributed by atoms with Crippen LogP contribution in [0.3, 0.4) is 0 Å². The lowest BCUT2D eigenvalue weighted by Gasteiger charge is -2.07. The highest BCUT2D eigenvalue weighted by atomic mass is 16.5. The summed E-state index contributed by atoms with van der Waals surface area (Å²) in [4.78, 5) is 0. The van der Waals surface area contributed by atoms with Crippen LogP contribution in [0.5, 0.6) is 5.75 Å². The molecule has 1 aromatic heterocycles. The second kappa shape index (κ2) is 7.59. The molecule has 1 N–H and O–H groups in total. The van der Waals surface area contributed by atoms with E-state index in [0.717, 1.165) is 33.5 Å². The van der Waals surface area contributed by atoms with Gasteiger partial charge in [-0.25, -0.2) is 0 Å². The predicted octanol–water partition coefficient (Wildman–Crippen LogP) is 3.72. The average Bonchev–Trinajstić information content (AvgIpc) is 2.91. The molecule has 0 saturated carbocycles. The number of benzene rings is 2. The summed E-state index contributed by atoms with van der Waals surface area (Å²) in [7, 11) is 1.67. The van der Waals surface area contributed by atoms with Gasteiger partial charge in [0.05, 0.1) is 26.4 Å². The summed E-state index contributed by atoms with van der Waals surface area (Å²) >= 11 is 0. The molecule has 4 nitrogen and oxygen atoms in total. The van der Waals surface area contributed by atoms with Crippen LogP contribution in [0, 0.1) is 19.3 Å². The van der Waals surface area contributed by atoms with Gasteiger partial charge in [-0.2, -0.15) is 5.10 Å². The second-order valence-electron chi connectivity index (χ2n) is 5.71. The Morgan fingerprint density at radius 1 is 1.20 bits per heavy atom. The number of methoxy groups -OCH3 is 1. The van der Waals surface area contributed by atoms with Crippen molar-refractivity contribution in [2.24, 2.45) is 5.10 Å². The monoisotopic (exact) mass is 331 g/mol. The van der Waals surface area contributed by atoms with Crippen LogP contribution in [-0.2, 0) is 13.1 Å². The van der Waals surface area contributed by atoms with Crippen molar-refractivity contribution in [3.63, 3.8) is 0 Å². The van der Waals surface area contributed by atoms with Crippen LogP contribution < -0.4 is 10.2 Å². The summed E-state index contributed by atoms with van der Waals surface area (Å²) in [5, 5.41) is 5.55. The molecule has 0 bridgehead atoms. The van der Waals surface area contributed by atoms with Crippen molar-refractivity contribution in [2.45, 2.75) is 20.0 Å². The van der Waals surface area contributed by atoms with Crippen LogP contribution >= 0.6 is 0 Å². The molecule has 25 heavy (non-hydrogen) atoms. The molecule has 2 aromatic carbocycles. The van der Waals surface area contributed by atoms with Gasteiger partial charge in [0, 0.05) is 27.7 Å². The lowest BCUT2D eigenvalue weighted by Crippen LogP contribution is -2.07. The molecule has 0 fully saturated rings. The normalized spacial score (nSPS) is 10.9. The van der Waals surface area contributed by atoms with E-state index in [0.29, 0.717) is 13.1 Å². The molecule has 0 radical (unpaired) electrons. The first-order valence-corrected chi connectivity index (χ1v) is 8.15. The van der Waals surface area contributed by atoms with Gasteiger partial charge in [0.25, 0.3) is 0 Å². The topological polar surface area (TPSA) is 38.5 Å². The molecule has 0 unspecified atom stereocenters. The van der Waals surface area contributed by atoms with Gasteiger partial charge in [0.1, 0.15) is 5.75 Å². The molecule has 3 rings (SSSR count). The Kier molecular flexibility index (Phi) is 5.06. The SMILES string of the molecule is C#CCn1c(C)c(/C=N/NCc2ccccc2OC)c2ccccc21. The molecule has 3 aromatic rings. The van der Waals surface area contributed by atoms with Crippen LogP contribution in [0.1, 0.15) is 16.8 Å². The number of para-hydroxylation sites is 2. The van der Waals surface area contributed by atoms with Crippen molar-refractivity contribution < 1.29 is 4.74 Å². The maximum atomic E-state index is 5.51. The number of hydrogen-bond donors (Lipinski definition) is 1. The Bertz CT molecular complexity index is 947. The summed E-state index contributed by atoms with van der Waals surface area (Å²) in [5.41, 5.74) is 7.49. The second-order valence-corrected chi connectivity index (χ2v) is 5.71. The van der Waals surface area contributed by atoms with E-state index in [1.807, 2.05) is 42.6 Å². The number of hydrogen-bond acceptors (Lipinski definition) is 3. The van der Waals surface area contributed by atoms with E-state index < -0.39 is 0 Å². The smallest absolute Gasteiger partial charge is 0.123 e. The maximum absolute atomic E-state index is 5.51. The molecule has 4 heteroatoms. The highest BCUT2D eigenvalue weighted by Crippen LogP contribution is 2.24. The molecule has 0 saturated heterocycles. The molecular weight excluding hydrogens is 310 g/mol. The fourth-order valence-electron chi connectivity index (χ4n) is 3.01. The number of fused-ring (bicyclic) bond motifs is 1. The van der Waals surface area contributed by atoms with E-state index in [2.05, 4.69) is 40.1 Å². The third-order valence-corrected chi connectivity index (χ3v) is 4.28. The van der Waals surface area contributed by atoms with Crippen molar-refractivity contribution in [3.05, 3.63) is 65.4 Å². The minimum Gasteiger partial charge on any atom is -0.496 e. The van der Waals surface area contributed by atoms with Crippen molar-refractivity contribution in [3.8, 4) is 18.1 Å². The van der Waals surface area contributed by atoms with Crippen LogP contribution in [-0.4, -0.2) is 17.9 Å². The van der Waals surface area contributed by atoms with Gasteiger partial charge >= 0.3 is 0 Å². The van der Waals surface area contributed by atoms with E-state index in [4.69, 9.17) is 11.2 Å². The van der Waals surface area contributed by atoms with Crippen molar-refractivity contribution >= 4 is 17.1 Å². The largest absolute Gasteiger partial charge is 0.496 e. The number of terminal acetylenes is 1. The Morgan fingerprint density at radius 3 is 2.76 bits per heavy atom. The van der Waals surface area contributed by atoms with Gasteiger partial charge in [-0.3, -0.25) is 0 Å². The zero-order valence-corrected chi connectivity index (χ0v) is 14.5. The first kappa shape index (κ1) is 16.7. The number of hydrazone groups is 1. The van der Waals surface area contributed by atoms with Gasteiger partial charge in [0.15, 0.2) is 0 Å². The Balaban J connectivity index is 1.82. The molecule has 1 heterocycles. The fraction of sp³-hybridized carbons (Fsp3) is 0.190. The number of aromatic nitrogens is 1. The van der Waals surface area contributed by atoms with E-state index in [1.54, 1.807) is 7.11 Å². The van der Waals surface area contributed by atoms with Crippen molar-refractivity contribution in [1.29, 1.82) is 0 Å². The first-order chi connectivity index (χ1) is 12.3. The van der Waals surface area contributed by atoms with Gasteiger partial charge in [-0.15, -0.1) is 6.42 Å². The van der Waals surface area contributed by atoms with Crippen LogP contribution in [0.25, 0.3) is 10.9 Å². The summed E-state index contributed by atoms with van der Waals surface area (Å²) in [6, 6.07) is 16.1. The maximum Gasteiger partial charge on any atom is 0.123 e. The molecule has 0 aliphatic heterocycles. The Labute approximate surface area is 148 Å². The highest BCUT2D eigenvalue weighted by molar-refractivity contribution is 6.01. The summed E-state index contributed by atoms with van der Waals surface area (Å²) < 4.78 is 7.49. The lowest BCUT2D eigenvalue weighted by atomic mass is 10.1. The minimum absolute atomic E-state index is 0.550. The summed E-state index contributed by atoms with van der Waals surface area (Å²) in [6.07, 6.45) is 7.38. The molecule has 0 aliphatic rings. The zero-order chi connectivity index (χ0) is 17.6. The van der Waals surface area contributed by atoms with Crippen molar-refractivity contribution in [2.75, 3.05) is 7.11 Å². The molecule has 0 atom stereocenters. The first-order valence-electron chi connectivity index (χ1n) is 8.15. The van der Waals surface area contributed by atoms with Gasteiger partial charge in [-0.05, 0) is 19.1 Å². The molecule has 0 spiro atoms. The molecule has 0 aliphatic carbocycles. The summed E-state index contributed by atoms with van der Waals surface area (Å²) in [5.74, 6) is 3.57. The van der Waals surface area contributed by atoms with E-state index in [1.165, 1.54) is 0 Å². The zero-order valence-electron chi connectivity index (χ0n) is 14.5. The quantitative estimate of drug-likeness (QED) is 0.425. The number of rotatable bonds is 6. The number of nitrogens with one attached hydrogen (secondary N) is 1. The van der Waals surface area contributed by atoms with Crippen LogP contribution in [0.4, 0.5) is 0 Å². The van der Waals surface area contributed by atoms with Crippen LogP contribution in [0.15, 0.2) is 53.6 Å². The molecule has 126 valence electrons. The fourth-order valence-corrected chi connectivity index (χ4v) is 3.01. The predicted molar refractivity (Wildman–Crippen MR) is 103 cm³/mol. The summed E-state index contributed by atoms with van der Waals surface area (Å²) in [6.45, 7) is 3.22. The molecule has 0 amide bonds. The Morgan fingerprint density at radius 2 is 1.96 bits per heavy atom. The van der Waals surface area contributed by atoms with Crippen molar-refractivity contribution in [1.82, 2.24) is 9.99 Å². The molecular formula is C21H21N3O. The minimum atomic E-state index is 0.550. The number of ether oxygens (including phenoxy) is 1. The standard InChI is InChI=1S/C21H21N3O/c1-4-13-24-16(2)19(18-10-6-7-11-20(18)24)15-23-22-14-17-9-5-8-12-21(17)25-3/h1,5-12,15,22H,13-14H2,2-3H3/b23-15+. The third kappa shape index (κ3) is 3.36.